The lowest BCUT2D eigenvalue weighted by molar-refractivity contribution is 0.0697. The Bertz CT molecular complexity index is 957. The molecule has 1 N–H and O–H groups in total. The van der Waals surface area contributed by atoms with Gasteiger partial charge < -0.3 is 19.0 Å². The Morgan fingerprint density at radius 2 is 1.88 bits per heavy atom. The fraction of sp³-hybridized carbons (Fsp3) is 0.111. The van der Waals surface area contributed by atoms with E-state index in [0.717, 1.165) is 11.3 Å². The highest BCUT2D eigenvalue weighted by atomic mass is 16.6. The van der Waals surface area contributed by atoms with Crippen LogP contribution >= 0.6 is 0 Å². The third-order valence-corrected chi connectivity index (χ3v) is 3.64. The summed E-state index contributed by atoms with van der Waals surface area (Å²) < 4.78 is 16.6. The van der Waals surface area contributed by atoms with Gasteiger partial charge >= 0.3 is 5.97 Å². The number of fused-ring (bicyclic) bond motifs is 2. The van der Waals surface area contributed by atoms with Gasteiger partial charge in [0.25, 0.3) is 0 Å². The maximum absolute atomic E-state index is 11.0. The van der Waals surface area contributed by atoms with Crippen LogP contribution in [0.1, 0.15) is 21.8 Å². The smallest absolute Gasteiger partial charge is 0.335 e. The number of carbonyl (C=O) groups is 1. The van der Waals surface area contributed by atoms with Crippen LogP contribution in [0.5, 0.6) is 11.5 Å². The second kappa shape index (κ2) is 5.73. The van der Waals surface area contributed by atoms with E-state index in [4.69, 9.17) is 19.0 Å². The Kier molecular flexibility index (Phi) is 3.42. The van der Waals surface area contributed by atoms with Gasteiger partial charge in [-0.3, -0.25) is 0 Å². The highest BCUT2D eigenvalue weighted by Gasteiger charge is 2.11. The first-order valence-electron chi connectivity index (χ1n) is 7.41. The van der Waals surface area contributed by atoms with E-state index in [9.17, 15) is 4.79 Å². The molecule has 120 valence electrons. The molecule has 0 aliphatic carbocycles. The Hall–Kier alpha value is -3.28. The van der Waals surface area contributed by atoms with Crippen LogP contribution in [0.25, 0.3) is 23.3 Å². The Morgan fingerprint density at radius 1 is 1.04 bits per heavy atom. The average Bonchev–Trinajstić information content (AvgIpc) is 3.01. The number of oxazole rings is 1. The summed E-state index contributed by atoms with van der Waals surface area (Å²) in [6, 6.07) is 10.3. The van der Waals surface area contributed by atoms with Gasteiger partial charge in [-0.15, -0.1) is 0 Å². The first kappa shape index (κ1) is 14.3. The molecule has 0 spiro atoms. The molecule has 1 aliphatic rings. The normalized spacial score (nSPS) is 13.5. The van der Waals surface area contributed by atoms with E-state index in [0.29, 0.717) is 36.0 Å². The van der Waals surface area contributed by atoms with Crippen LogP contribution in [-0.2, 0) is 0 Å². The molecular formula is C18H13NO5. The number of carboxylic acid groups (broad SMARTS) is 1. The molecular weight excluding hydrogens is 310 g/mol. The minimum absolute atomic E-state index is 0.168. The largest absolute Gasteiger partial charge is 0.486 e. The zero-order valence-corrected chi connectivity index (χ0v) is 12.6. The summed E-state index contributed by atoms with van der Waals surface area (Å²) in [6.07, 6.45) is 3.58. The molecule has 6 nitrogen and oxygen atoms in total. The first-order chi connectivity index (χ1) is 11.7. The lowest BCUT2D eigenvalue weighted by atomic mass is 10.2. The van der Waals surface area contributed by atoms with Gasteiger partial charge in [0, 0.05) is 6.08 Å². The van der Waals surface area contributed by atoms with Crippen LogP contribution in [0.2, 0.25) is 0 Å². The summed E-state index contributed by atoms with van der Waals surface area (Å²) in [4.78, 5) is 15.3. The third-order valence-electron chi connectivity index (χ3n) is 3.64. The van der Waals surface area contributed by atoms with Crippen molar-refractivity contribution in [2.24, 2.45) is 0 Å². The van der Waals surface area contributed by atoms with E-state index in [1.165, 1.54) is 12.1 Å². The molecule has 0 atom stereocenters. The van der Waals surface area contributed by atoms with Gasteiger partial charge in [-0.2, -0.15) is 0 Å². The Balaban J connectivity index is 1.61. The number of carboxylic acids is 1. The number of nitrogens with zero attached hydrogens (tertiary/aromatic N) is 1. The Morgan fingerprint density at radius 3 is 2.71 bits per heavy atom. The van der Waals surface area contributed by atoms with Crippen LogP contribution in [0.4, 0.5) is 0 Å². The summed E-state index contributed by atoms with van der Waals surface area (Å²) in [5, 5.41) is 9.00. The quantitative estimate of drug-likeness (QED) is 0.795. The van der Waals surface area contributed by atoms with E-state index in [1.54, 1.807) is 12.1 Å². The van der Waals surface area contributed by atoms with Gasteiger partial charge in [0.2, 0.25) is 5.89 Å². The van der Waals surface area contributed by atoms with Crippen molar-refractivity contribution in [3.63, 3.8) is 0 Å². The van der Waals surface area contributed by atoms with E-state index in [1.807, 2.05) is 24.3 Å². The lowest BCUT2D eigenvalue weighted by Crippen LogP contribution is -2.15. The number of aromatic carboxylic acids is 1. The summed E-state index contributed by atoms with van der Waals surface area (Å²) >= 11 is 0. The van der Waals surface area contributed by atoms with Crippen LogP contribution in [0, 0.1) is 0 Å². The summed E-state index contributed by atoms with van der Waals surface area (Å²) in [5.41, 5.74) is 2.15. The number of hydrogen-bond donors (Lipinski definition) is 1. The van der Waals surface area contributed by atoms with E-state index in [-0.39, 0.29) is 5.56 Å². The highest BCUT2D eigenvalue weighted by molar-refractivity contribution is 5.92. The molecule has 4 rings (SSSR count). The van der Waals surface area contributed by atoms with Crippen molar-refractivity contribution in [1.82, 2.24) is 4.98 Å². The van der Waals surface area contributed by atoms with Gasteiger partial charge in [0.15, 0.2) is 17.1 Å². The average molecular weight is 323 g/mol. The number of hydrogen-bond acceptors (Lipinski definition) is 5. The zero-order valence-electron chi connectivity index (χ0n) is 12.6. The topological polar surface area (TPSA) is 81.8 Å². The molecule has 0 bridgehead atoms. The molecule has 0 saturated heterocycles. The predicted octanol–water partition coefficient (Wildman–Crippen LogP) is 3.47. The van der Waals surface area contributed by atoms with E-state index in [2.05, 4.69) is 4.98 Å². The molecule has 24 heavy (non-hydrogen) atoms. The standard InChI is InChI=1S/C18H13NO5/c20-18(21)12-3-4-13-15(10-12)24-17(19-13)6-2-11-1-5-14-16(9-11)23-8-7-22-14/h1-6,9-10H,7-8H2,(H,20,21). The minimum atomic E-state index is -0.998. The molecule has 0 saturated carbocycles. The van der Waals surface area contributed by atoms with Gasteiger partial charge in [0.1, 0.15) is 18.7 Å². The fourth-order valence-corrected chi connectivity index (χ4v) is 2.48. The SMILES string of the molecule is O=C(O)c1ccc2nc(C=Cc3ccc4c(c3)OCCO4)oc2c1. The van der Waals surface area contributed by atoms with Gasteiger partial charge in [-0.05, 0) is 42.0 Å². The summed E-state index contributed by atoms with van der Waals surface area (Å²) in [7, 11) is 0. The second-order valence-electron chi connectivity index (χ2n) is 5.28. The first-order valence-corrected chi connectivity index (χ1v) is 7.41. The van der Waals surface area contributed by atoms with Crippen molar-refractivity contribution in [2.75, 3.05) is 13.2 Å². The van der Waals surface area contributed by atoms with E-state index >= 15 is 0 Å². The molecule has 0 amide bonds. The molecule has 0 radical (unpaired) electrons. The van der Waals surface area contributed by atoms with Crippen molar-refractivity contribution in [2.45, 2.75) is 0 Å². The van der Waals surface area contributed by atoms with Crippen molar-refractivity contribution in [3.05, 3.63) is 53.4 Å². The van der Waals surface area contributed by atoms with Crippen molar-refractivity contribution >= 4 is 29.2 Å². The molecule has 2 heterocycles. The Labute approximate surface area is 136 Å². The van der Waals surface area contributed by atoms with Gasteiger partial charge in [-0.25, -0.2) is 9.78 Å². The highest BCUT2D eigenvalue weighted by Crippen LogP contribution is 2.31. The van der Waals surface area contributed by atoms with Crippen LogP contribution in [-0.4, -0.2) is 29.3 Å². The summed E-state index contributed by atoms with van der Waals surface area (Å²) in [5.74, 6) is 0.859. The van der Waals surface area contributed by atoms with Crippen LogP contribution in [0.15, 0.2) is 40.8 Å². The predicted molar refractivity (Wildman–Crippen MR) is 87.3 cm³/mol. The number of rotatable bonds is 3. The molecule has 0 fully saturated rings. The van der Waals surface area contributed by atoms with Crippen molar-refractivity contribution in [3.8, 4) is 11.5 Å². The van der Waals surface area contributed by atoms with Gasteiger partial charge in [0.05, 0.1) is 5.56 Å². The molecule has 6 heteroatoms. The van der Waals surface area contributed by atoms with Gasteiger partial charge in [-0.1, -0.05) is 6.07 Å². The zero-order chi connectivity index (χ0) is 16.5. The van der Waals surface area contributed by atoms with E-state index < -0.39 is 5.97 Å². The summed E-state index contributed by atoms with van der Waals surface area (Å²) in [6.45, 7) is 1.10. The molecule has 3 aromatic rings. The van der Waals surface area contributed by atoms with Crippen LogP contribution in [0.3, 0.4) is 0 Å². The second-order valence-corrected chi connectivity index (χ2v) is 5.28. The van der Waals surface area contributed by atoms with Crippen molar-refractivity contribution < 1.29 is 23.8 Å². The lowest BCUT2D eigenvalue weighted by Gasteiger charge is -2.18. The number of aromatic nitrogens is 1. The molecule has 0 unspecified atom stereocenters. The molecule has 2 aromatic carbocycles. The monoisotopic (exact) mass is 323 g/mol. The maximum atomic E-state index is 11.0. The number of benzene rings is 2. The fourth-order valence-electron chi connectivity index (χ4n) is 2.48. The molecule has 1 aliphatic heterocycles. The van der Waals surface area contributed by atoms with Crippen LogP contribution < -0.4 is 9.47 Å². The minimum Gasteiger partial charge on any atom is -0.486 e. The van der Waals surface area contributed by atoms with Crippen molar-refractivity contribution in [1.29, 1.82) is 0 Å². The number of ether oxygens (including phenoxy) is 2. The maximum Gasteiger partial charge on any atom is 0.335 e. The molecule has 1 aromatic heterocycles. The third kappa shape index (κ3) is 2.69.